The van der Waals surface area contributed by atoms with Gasteiger partial charge < -0.3 is 10.1 Å². The van der Waals surface area contributed by atoms with Crippen molar-refractivity contribution in [1.29, 1.82) is 0 Å². The fourth-order valence-corrected chi connectivity index (χ4v) is 2.79. The first-order valence-electron chi connectivity index (χ1n) is 8.07. The highest BCUT2D eigenvalue weighted by atomic mass is 35.5. The van der Waals surface area contributed by atoms with E-state index in [1.165, 1.54) is 11.1 Å². The first-order chi connectivity index (χ1) is 12.1. The first kappa shape index (κ1) is 17.7. The van der Waals surface area contributed by atoms with Crippen LogP contribution in [0.5, 0.6) is 5.75 Å². The number of nitrogens with one attached hydrogen (secondary N) is 1. The summed E-state index contributed by atoms with van der Waals surface area (Å²) in [5.41, 5.74) is 4.50. The van der Waals surface area contributed by atoms with E-state index in [-0.39, 0.29) is 0 Å². The molecule has 0 aliphatic rings. The summed E-state index contributed by atoms with van der Waals surface area (Å²) in [5.74, 6) is 0.858. The number of ether oxygens (including phenoxy) is 1. The van der Waals surface area contributed by atoms with Gasteiger partial charge in [0.25, 0.3) is 0 Å². The van der Waals surface area contributed by atoms with Crippen LogP contribution in [0.2, 0.25) is 10.0 Å². The molecule has 0 unspecified atom stereocenters. The van der Waals surface area contributed by atoms with E-state index in [1.54, 1.807) is 6.07 Å². The third-order valence-corrected chi connectivity index (χ3v) is 4.71. The Labute approximate surface area is 158 Å². The third kappa shape index (κ3) is 4.91. The molecule has 0 saturated heterocycles. The predicted molar refractivity (Wildman–Crippen MR) is 106 cm³/mol. The highest BCUT2D eigenvalue weighted by molar-refractivity contribution is 6.42. The van der Waals surface area contributed by atoms with E-state index < -0.39 is 0 Å². The van der Waals surface area contributed by atoms with Crippen molar-refractivity contribution in [3.05, 3.63) is 93.5 Å². The average molecular weight is 372 g/mol. The van der Waals surface area contributed by atoms with E-state index in [2.05, 4.69) is 30.4 Å². The molecule has 0 fully saturated rings. The summed E-state index contributed by atoms with van der Waals surface area (Å²) in [5, 5.41) is 4.44. The van der Waals surface area contributed by atoms with Crippen LogP contribution < -0.4 is 10.1 Å². The summed E-state index contributed by atoms with van der Waals surface area (Å²) < 4.78 is 5.93. The van der Waals surface area contributed by atoms with Gasteiger partial charge in [0.1, 0.15) is 12.4 Å². The highest BCUT2D eigenvalue weighted by Gasteiger charge is 2.02. The molecule has 0 radical (unpaired) electrons. The fraction of sp³-hybridized carbons (Fsp3) is 0.143. The molecule has 2 nitrogen and oxygen atoms in total. The summed E-state index contributed by atoms with van der Waals surface area (Å²) in [6.45, 7) is 3.34. The van der Waals surface area contributed by atoms with Gasteiger partial charge in [-0.1, -0.05) is 59.6 Å². The third-order valence-electron chi connectivity index (χ3n) is 3.97. The van der Waals surface area contributed by atoms with Gasteiger partial charge >= 0.3 is 0 Å². The molecule has 1 N–H and O–H groups in total. The van der Waals surface area contributed by atoms with E-state index in [0.717, 1.165) is 17.0 Å². The summed E-state index contributed by atoms with van der Waals surface area (Å²) in [6.07, 6.45) is 0. The molecule has 0 spiro atoms. The Morgan fingerprint density at radius 3 is 2.52 bits per heavy atom. The number of benzene rings is 3. The molecule has 0 atom stereocenters. The van der Waals surface area contributed by atoms with Crippen LogP contribution in [-0.4, -0.2) is 0 Å². The summed E-state index contributed by atoms with van der Waals surface area (Å²) in [6, 6.07) is 21.8. The van der Waals surface area contributed by atoms with Crippen LogP contribution in [-0.2, 0) is 13.2 Å². The maximum absolute atomic E-state index is 6.04. The van der Waals surface area contributed by atoms with Crippen LogP contribution in [0.15, 0.2) is 66.7 Å². The molecule has 0 heterocycles. The molecule has 0 aromatic heterocycles. The van der Waals surface area contributed by atoms with Gasteiger partial charge in [-0.3, -0.25) is 0 Å². The van der Waals surface area contributed by atoms with Crippen LogP contribution in [0, 0.1) is 6.92 Å². The molecule has 0 saturated carbocycles. The lowest BCUT2D eigenvalue weighted by Crippen LogP contribution is -2.01. The summed E-state index contributed by atoms with van der Waals surface area (Å²) >= 11 is 12.0. The summed E-state index contributed by atoms with van der Waals surface area (Å²) in [4.78, 5) is 0. The minimum Gasteiger partial charge on any atom is -0.489 e. The topological polar surface area (TPSA) is 21.3 Å². The van der Waals surface area contributed by atoms with Gasteiger partial charge in [0.15, 0.2) is 0 Å². The Morgan fingerprint density at radius 2 is 1.72 bits per heavy atom. The molecule has 0 aliphatic carbocycles. The second-order valence-corrected chi connectivity index (χ2v) is 6.66. The number of aryl methyl sites for hydroxylation is 1. The minimum atomic E-state index is 0.544. The van der Waals surface area contributed by atoms with E-state index >= 15 is 0 Å². The highest BCUT2D eigenvalue weighted by Crippen LogP contribution is 2.25. The fourth-order valence-electron chi connectivity index (χ4n) is 2.49. The number of hydrogen-bond acceptors (Lipinski definition) is 2. The Kier molecular flexibility index (Phi) is 5.85. The van der Waals surface area contributed by atoms with Crippen molar-refractivity contribution >= 4 is 28.9 Å². The van der Waals surface area contributed by atoms with Crippen molar-refractivity contribution in [2.75, 3.05) is 5.32 Å². The number of halogens is 2. The normalized spacial score (nSPS) is 10.5. The van der Waals surface area contributed by atoms with E-state index in [4.69, 9.17) is 27.9 Å². The lowest BCUT2D eigenvalue weighted by molar-refractivity contribution is 0.305. The molecule has 3 aromatic rings. The molecule has 128 valence electrons. The van der Waals surface area contributed by atoms with Crippen LogP contribution in [0.3, 0.4) is 0 Å². The van der Waals surface area contributed by atoms with Crippen molar-refractivity contribution in [2.24, 2.45) is 0 Å². The van der Waals surface area contributed by atoms with Gasteiger partial charge in [0.05, 0.1) is 10.0 Å². The van der Waals surface area contributed by atoms with Gasteiger partial charge in [-0.2, -0.15) is 0 Å². The van der Waals surface area contributed by atoms with Gasteiger partial charge in [0, 0.05) is 12.2 Å². The largest absolute Gasteiger partial charge is 0.489 e. The van der Waals surface area contributed by atoms with Crippen LogP contribution in [0.25, 0.3) is 0 Å². The molecular formula is C21H19Cl2NO. The van der Waals surface area contributed by atoms with Crippen molar-refractivity contribution < 1.29 is 4.74 Å². The number of hydrogen-bond donors (Lipinski definition) is 1. The molecule has 0 aliphatic heterocycles. The number of anilines is 1. The van der Waals surface area contributed by atoms with Crippen molar-refractivity contribution in [1.82, 2.24) is 0 Å². The van der Waals surface area contributed by atoms with E-state index in [1.807, 2.05) is 42.5 Å². The zero-order valence-corrected chi connectivity index (χ0v) is 15.4. The molecule has 0 amide bonds. The Balaban J connectivity index is 1.61. The predicted octanol–water partition coefficient (Wildman–Crippen LogP) is 6.49. The van der Waals surface area contributed by atoms with E-state index in [0.29, 0.717) is 23.2 Å². The maximum atomic E-state index is 6.04. The maximum Gasteiger partial charge on any atom is 0.120 e. The lowest BCUT2D eigenvalue weighted by Gasteiger charge is -2.11. The second-order valence-electron chi connectivity index (χ2n) is 5.85. The van der Waals surface area contributed by atoms with Crippen molar-refractivity contribution in [3.63, 3.8) is 0 Å². The zero-order valence-electron chi connectivity index (χ0n) is 13.9. The first-order valence-corrected chi connectivity index (χ1v) is 8.82. The quantitative estimate of drug-likeness (QED) is 0.534. The lowest BCUT2D eigenvalue weighted by atomic mass is 10.1. The Bertz CT molecular complexity index is 864. The SMILES string of the molecule is Cc1ccccc1COc1cccc(CNc2ccc(Cl)c(Cl)c2)c1. The monoisotopic (exact) mass is 371 g/mol. The minimum absolute atomic E-state index is 0.544. The standard InChI is InChI=1S/C21H19Cl2NO/c1-15-5-2-3-7-17(15)14-25-19-8-4-6-16(11-19)13-24-18-9-10-20(22)21(23)12-18/h2-12,24H,13-14H2,1H3. The summed E-state index contributed by atoms with van der Waals surface area (Å²) in [7, 11) is 0. The molecule has 3 aromatic carbocycles. The molecule has 0 bridgehead atoms. The van der Waals surface area contributed by atoms with Gasteiger partial charge in [0.2, 0.25) is 0 Å². The van der Waals surface area contributed by atoms with Crippen molar-refractivity contribution in [3.8, 4) is 5.75 Å². The van der Waals surface area contributed by atoms with Crippen LogP contribution >= 0.6 is 23.2 Å². The molecular weight excluding hydrogens is 353 g/mol. The smallest absolute Gasteiger partial charge is 0.120 e. The Hall–Kier alpha value is -2.16. The molecule has 4 heteroatoms. The van der Waals surface area contributed by atoms with Crippen LogP contribution in [0.4, 0.5) is 5.69 Å². The Morgan fingerprint density at radius 1 is 0.880 bits per heavy atom. The van der Waals surface area contributed by atoms with E-state index in [9.17, 15) is 0 Å². The second kappa shape index (κ2) is 8.28. The van der Waals surface area contributed by atoms with Gasteiger partial charge in [-0.15, -0.1) is 0 Å². The number of rotatable bonds is 6. The van der Waals surface area contributed by atoms with Gasteiger partial charge in [-0.25, -0.2) is 0 Å². The zero-order chi connectivity index (χ0) is 17.6. The average Bonchev–Trinajstić information content (AvgIpc) is 2.62. The van der Waals surface area contributed by atoms with Crippen LogP contribution in [0.1, 0.15) is 16.7 Å². The van der Waals surface area contributed by atoms with Gasteiger partial charge in [-0.05, 0) is 53.9 Å². The van der Waals surface area contributed by atoms with Crippen molar-refractivity contribution in [2.45, 2.75) is 20.1 Å². The molecule has 3 rings (SSSR count). The molecule has 25 heavy (non-hydrogen) atoms.